The molecule has 0 bridgehead atoms. The van der Waals surface area contributed by atoms with E-state index >= 15 is 0 Å². The van der Waals surface area contributed by atoms with Gasteiger partial charge < -0.3 is 10.2 Å². The van der Waals surface area contributed by atoms with Crippen molar-refractivity contribution >= 4 is 43.2 Å². The average molecular weight is 487 g/mol. The fourth-order valence-corrected chi connectivity index (χ4v) is 6.58. The summed E-state index contributed by atoms with van der Waals surface area (Å²) in [5, 5.41) is 3.98. The first-order valence-corrected chi connectivity index (χ1v) is 13.6. The second-order valence-corrected chi connectivity index (χ2v) is 11.4. The number of nitrogens with zero attached hydrogens (tertiary/aromatic N) is 3. The topological polar surface area (TPSA) is 82.6 Å². The fraction of sp³-hybridized carbons (Fsp3) is 0.417. The molecule has 0 aliphatic carbocycles. The maximum atomic E-state index is 13.1. The van der Waals surface area contributed by atoms with Crippen molar-refractivity contribution in [2.75, 3.05) is 32.0 Å². The van der Waals surface area contributed by atoms with Gasteiger partial charge in [-0.25, -0.2) is 13.4 Å². The number of rotatable bonds is 7. The zero-order chi connectivity index (χ0) is 23.4. The van der Waals surface area contributed by atoms with E-state index in [1.54, 1.807) is 51.9 Å². The van der Waals surface area contributed by atoms with Crippen LogP contribution < -0.4 is 5.32 Å². The van der Waals surface area contributed by atoms with Gasteiger partial charge in [-0.1, -0.05) is 31.0 Å². The third kappa shape index (κ3) is 5.37. The number of anilines is 1. The minimum absolute atomic E-state index is 0.0684. The highest BCUT2D eigenvalue weighted by molar-refractivity contribution is 7.89. The number of hydrogen-bond acceptors (Lipinski definition) is 6. The number of amides is 1. The van der Waals surface area contributed by atoms with Crippen LogP contribution in [0.15, 0.2) is 53.4 Å². The van der Waals surface area contributed by atoms with Crippen LogP contribution in [0.4, 0.5) is 5.69 Å². The first-order valence-electron chi connectivity index (χ1n) is 11.3. The van der Waals surface area contributed by atoms with E-state index in [1.165, 1.54) is 0 Å². The Morgan fingerprint density at radius 1 is 1.12 bits per heavy atom. The Hall–Kier alpha value is -2.49. The molecule has 33 heavy (non-hydrogen) atoms. The summed E-state index contributed by atoms with van der Waals surface area (Å²) in [4.78, 5) is 19.4. The molecule has 7 nitrogen and oxygen atoms in total. The first kappa shape index (κ1) is 23.7. The molecule has 1 aromatic heterocycles. The Labute approximate surface area is 199 Å². The summed E-state index contributed by atoms with van der Waals surface area (Å²) in [6.07, 6.45) is 3.92. The third-order valence-electron chi connectivity index (χ3n) is 6.12. The van der Waals surface area contributed by atoms with Gasteiger partial charge in [0.15, 0.2) is 0 Å². The molecule has 1 atom stereocenters. The van der Waals surface area contributed by atoms with Gasteiger partial charge in [-0.05, 0) is 50.1 Å². The SMILES string of the molecule is C[C@H](c1nc2ccccc2s1)N(C)C(=O)CNc1cccc(S(=O)(=O)N2CCCCCC2)c1. The van der Waals surface area contributed by atoms with Gasteiger partial charge in [0.05, 0.1) is 27.7 Å². The number of thiazole rings is 1. The van der Waals surface area contributed by atoms with Crippen molar-refractivity contribution in [3.63, 3.8) is 0 Å². The summed E-state index contributed by atoms with van der Waals surface area (Å²) in [6, 6.07) is 14.5. The van der Waals surface area contributed by atoms with Crippen LogP contribution in [0.5, 0.6) is 0 Å². The maximum Gasteiger partial charge on any atom is 0.243 e. The summed E-state index contributed by atoms with van der Waals surface area (Å²) < 4.78 is 28.8. The van der Waals surface area contributed by atoms with Gasteiger partial charge in [0.25, 0.3) is 0 Å². The van der Waals surface area contributed by atoms with Gasteiger partial charge in [-0.15, -0.1) is 11.3 Å². The van der Waals surface area contributed by atoms with Crippen molar-refractivity contribution in [1.82, 2.24) is 14.2 Å². The van der Waals surface area contributed by atoms with E-state index in [0.717, 1.165) is 40.9 Å². The highest BCUT2D eigenvalue weighted by Gasteiger charge is 2.25. The molecular weight excluding hydrogens is 456 g/mol. The summed E-state index contributed by atoms with van der Waals surface area (Å²) in [7, 11) is -1.77. The summed E-state index contributed by atoms with van der Waals surface area (Å²) in [5.74, 6) is -0.0949. The zero-order valence-corrected chi connectivity index (χ0v) is 20.7. The second-order valence-electron chi connectivity index (χ2n) is 8.40. The van der Waals surface area contributed by atoms with Crippen LogP contribution in [0, 0.1) is 0 Å². The summed E-state index contributed by atoms with van der Waals surface area (Å²) in [6.45, 7) is 3.16. The van der Waals surface area contributed by atoms with E-state index in [2.05, 4.69) is 10.3 Å². The number of hydrogen-bond donors (Lipinski definition) is 1. The number of carbonyl (C=O) groups is 1. The fourth-order valence-electron chi connectivity index (χ4n) is 3.95. The molecular formula is C24H30N4O3S2. The molecule has 3 aromatic rings. The molecule has 176 valence electrons. The third-order valence-corrected chi connectivity index (χ3v) is 9.22. The Morgan fingerprint density at radius 2 is 1.85 bits per heavy atom. The van der Waals surface area contributed by atoms with Crippen molar-refractivity contribution in [3.05, 3.63) is 53.5 Å². The van der Waals surface area contributed by atoms with E-state index in [0.29, 0.717) is 18.8 Å². The lowest BCUT2D eigenvalue weighted by atomic mass is 10.2. The molecule has 1 aliphatic heterocycles. The average Bonchev–Trinajstić information content (AvgIpc) is 3.06. The first-order chi connectivity index (χ1) is 15.9. The van der Waals surface area contributed by atoms with Crippen LogP contribution in [0.2, 0.25) is 0 Å². The lowest BCUT2D eigenvalue weighted by Gasteiger charge is -2.24. The quantitative estimate of drug-likeness (QED) is 0.532. The number of fused-ring (bicyclic) bond motifs is 1. The zero-order valence-electron chi connectivity index (χ0n) is 19.0. The Morgan fingerprint density at radius 3 is 2.58 bits per heavy atom. The van der Waals surface area contributed by atoms with E-state index < -0.39 is 10.0 Å². The molecule has 0 saturated carbocycles. The highest BCUT2D eigenvalue weighted by Crippen LogP contribution is 2.29. The normalized spacial score (nSPS) is 16.3. The van der Waals surface area contributed by atoms with Crippen LogP contribution in [-0.2, 0) is 14.8 Å². The highest BCUT2D eigenvalue weighted by atomic mass is 32.2. The number of nitrogens with one attached hydrogen (secondary N) is 1. The molecule has 2 aromatic carbocycles. The monoisotopic (exact) mass is 486 g/mol. The molecule has 1 saturated heterocycles. The van der Waals surface area contributed by atoms with Gasteiger partial charge in [0.2, 0.25) is 15.9 Å². The van der Waals surface area contributed by atoms with Crippen LogP contribution in [-0.4, -0.2) is 55.2 Å². The van der Waals surface area contributed by atoms with Crippen molar-refractivity contribution in [2.24, 2.45) is 0 Å². The van der Waals surface area contributed by atoms with E-state index in [-0.39, 0.29) is 23.4 Å². The predicted molar refractivity (Wildman–Crippen MR) is 133 cm³/mol. The van der Waals surface area contributed by atoms with Crippen LogP contribution in [0.25, 0.3) is 10.2 Å². The van der Waals surface area contributed by atoms with Crippen molar-refractivity contribution < 1.29 is 13.2 Å². The molecule has 0 radical (unpaired) electrons. The molecule has 0 spiro atoms. The lowest BCUT2D eigenvalue weighted by Crippen LogP contribution is -2.34. The standard InChI is InChI=1S/C24H30N4O3S2/c1-18(24-26-21-12-5-6-13-22(21)32-24)27(2)23(29)17-25-19-10-9-11-20(16-19)33(30,31)28-14-7-3-4-8-15-28/h5-6,9-13,16,18,25H,3-4,7-8,14-15,17H2,1-2H3/t18-/m1/s1. The number of sulfonamides is 1. The van der Waals surface area contributed by atoms with Crippen molar-refractivity contribution in [3.8, 4) is 0 Å². The molecule has 0 unspecified atom stereocenters. The van der Waals surface area contributed by atoms with E-state index in [9.17, 15) is 13.2 Å². The lowest BCUT2D eigenvalue weighted by molar-refractivity contribution is -0.129. The van der Waals surface area contributed by atoms with Gasteiger partial charge >= 0.3 is 0 Å². The van der Waals surface area contributed by atoms with Crippen molar-refractivity contribution in [2.45, 2.75) is 43.5 Å². The Kier molecular flexibility index (Phi) is 7.31. The van der Waals surface area contributed by atoms with Crippen LogP contribution in [0.1, 0.15) is 43.7 Å². The van der Waals surface area contributed by atoms with Gasteiger partial charge in [0.1, 0.15) is 5.01 Å². The molecule has 9 heteroatoms. The van der Waals surface area contributed by atoms with E-state index in [4.69, 9.17) is 0 Å². The minimum Gasteiger partial charge on any atom is -0.376 e. The molecule has 2 heterocycles. The smallest absolute Gasteiger partial charge is 0.243 e. The van der Waals surface area contributed by atoms with Gasteiger partial charge in [-0.2, -0.15) is 4.31 Å². The van der Waals surface area contributed by atoms with Crippen LogP contribution >= 0.6 is 11.3 Å². The second kappa shape index (κ2) is 10.2. The van der Waals surface area contributed by atoms with E-state index in [1.807, 2.05) is 31.2 Å². The van der Waals surface area contributed by atoms with Crippen molar-refractivity contribution in [1.29, 1.82) is 0 Å². The Bertz CT molecular complexity index is 1180. The van der Waals surface area contributed by atoms with Crippen LogP contribution in [0.3, 0.4) is 0 Å². The number of carbonyl (C=O) groups excluding carboxylic acids is 1. The largest absolute Gasteiger partial charge is 0.376 e. The molecule has 1 fully saturated rings. The minimum atomic E-state index is -3.53. The maximum absolute atomic E-state index is 13.1. The molecule has 1 N–H and O–H groups in total. The number of benzene rings is 2. The number of likely N-dealkylation sites (N-methyl/N-ethyl adjacent to an activating group) is 1. The molecule has 4 rings (SSSR count). The Balaban J connectivity index is 1.40. The molecule has 1 aliphatic rings. The molecule has 1 amide bonds. The number of aromatic nitrogens is 1. The number of para-hydroxylation sites is 1. The van der Waals surface area contributed by atoms with Gasteiger partial charge in [0, 0.05) is 25.8 Å². The van der Waals surface area contributed by atoms with Gasteiger partial charge in [-0.3, -0.25) is 4.79 Å². The predicted octanol–water partition coefficient (Wildman–Crippen LogP) is 4.49. The summed E-state index contributed by atoms with van der Waals surface area (Å²) in [5.41, 5.74) is 1.55. The summed E-state index contributed by atoms with van der Waals surface area (Å²) >= 11 is 1.59.